The number of benzene rings is 1. The Bertz CT molecular complexity index is 488. The van der Waals surface area contributed by atoms with E-state index in [1.54, 1.807) is 0 Å². The highest BCUT2D eigenvalue weighted by Crippen LogP contribution is 2.27. The Morgan fingerprint density at radius 3 is 2.78 bits per heavy atom. The van der Waals surface area contributed by atoms with Crippen LogP contribution in [0.3, 0.4) is 0 Å². The average molecular weight is 318 g/mol. The van der Waals surface area contributed by atoms with Crippen molar-refractivity contribution in [3.63, 3.8) is 0 Å². The molecule has 0 spiro atoms. The summed E-state index contributed by atoms with van der Waals surface area (Å²) in [6.07, 6.45) is 5.23. The van der Waals surface area contributed by atoms with Gasteiger partial charge in [0, 0.05) is 25.8 Å². The first-order chi connectivity index (χ1) is 11.3. The van der Waals surface area contributed by atoms with E-state index >= 15 is 0 Å². The number of urea groups is 1. The van der Waals surface area contributed by atoms with Gasteiger partial charge in [0.05, 0.1) is 12.2 Å². The molecule has 126 valence electrons. The molecular weight excluding hydrogens is 292 g/mol. The zero-order valence-corrected chi connectivity index (χ0v) is 13.5. The van der Waals surface area contributed by atoms with Gasteiger partial charge in [-0.3, -0.25) is 0 Å². The fourth-order valence-electron chi connectivity index (χ4n) is 3.28. The van der Waals surface area contributed by atoms with E-state index in [0.717, 1.165) is 38.7 Å². The topological polar surface area (TPSA) is 59.6 Å². The van der Waals surface area contributed by atoms with E-state index in [-0.39, 0.29) is 18.2 Å². The molecule has 0 aromatic heterocycles. The first-order valence-electron chi connectivity index (χ1n) is 8.64. The second kappa shape index (κ2) is 8.31. The lowest BCUT2D eigenvalue weighted by atomic mass is 9.97. The normalized spacial score (nSPS) is 27.6. The van der Waals surface area contributed by atoms with Gasteiger partial charge in [0.2, 0.25) is 0 Å². The minimum atomic E-state index is -0.0818. The third-order valence-electron chi connectivity index (χ3n) is 4.57. The summed E-state index contributed by atoms with van der Waals surface area (Å²) in [7, 11) is 0. The van der Waals surface area contributed by atoms with Crippen LogP contribution in [0, 0.1) is 0 Å². The number of rotatable bonds is 5. The lowest BCUT2D eigenvalue weighted by Crippen LogP contribution is -2.45. The molecule has 3 atom stereocenters. The van der Waals surface area contributed by atoms with Crippen LogP contribution in [0.2, 0.25) is 0 Å². The van der Waals surface area contributed by atoms with E-state index in [2.05, 4.69) is 22.8 Å². The highest BCUT2D eigenvalue weighted by molar-refractivity contribution is 5.74. The number of nitrogens with one attached hydrogen (secondary N) is 2. The van der Waals surface area contributed by atoms with Gasteiger partial charge in [0.25, 0.3) is 0 Å². The molecule has 1 aromatic carbocycles. The van der Waals surface area contributed by atoms with Gasteiger partial charge in [-0.05, 0) is 37.7 Å². The summed E-state index contributed by atoms with van der Waals surface area (Å²) in [5, 5.41) is 6.01. The van der Waals surface area contributed by atoms with E-state index < -0.39 is 0 Å². The van der Waals surface area contributed by atoms with Gasteiger partial charge in [0.1, 0.15) is 0 Å². The Morgan fingerprint density at radius 2 is 2.00 bits per heavy atom. The number of carbonyl (C=O) groups excluding carboxylic acids is 1. The van der Waals surface area contributed by atoms with Crippen molar-refractivity contribution in [3.8, 4) is 0 Å². The maximum absolute atomic E-state index is 12.0. The highest BCUT2D eigenvalue weighted by Gasteiger charge is 2.25. The first kappa shape index (κ1) is 16.3. The van der Waals surface area contributed by atoms with Crippen LogP contribution < -0.4 is 10.6 Å². The lowest BCUT2D eigenvalue weighted by Gasteiger charge is -2.30. The smallest absolute Gasteiger partial charge is 0.315 e. The molecule has 3 rings (SSSR count). The third-order valence-corrected chi connectivity index (χ3v) is 4.57. The summed E-state index contributed by atoms with van der Waals surface area (Å²) in [5.41, 5.74) is 1.18. The Balaban J connectivity index is 1.39. The van der Waals surface area contributed by atoms with Crippen LogP contribution in [0.1, 0.15) is 43.8 Å². The van der Waals surface area contributed by atoms with Crippen LogP contribution in [0.15, 0.2) is 30.3 Å². The molecule has 2 fully saturated rings. The number of ether oxygens (including phenoxy) is 2. The fourth-order valence-corrected chi connectivity index (χ4v) is 3.28. The maximum atomic E-state index is 12.0. The molecule has 2 amide bonds. The summed E-state index contributed by atoms with van der Waals surface area (Å²) in [4.78, 5) is 12.0. The monoisotopic (exact) mass is 318 g/mol. The Hall–Kier alpha value is -1.59. The summed E-state index contributed by atoms with van der Waals surface area (Å²) in [5.74, 6) is 0. The Kier molecular flexibility index (Phi) is 5.88. The summed E-state index contributed by atoms with van der Waals surface area (Å²) in [6, 6.07) is 10.3. The molecule has 0 saturated carbocycles. The van der Waals surface area contributed by atoms with E-state index in [1.807, 2.05) is 18.2 Å². The Labute approximate surface area is 137 Å². The summed E-state index contributed by atoms with van der Waals surface area (Å²) >= 11 is 0. The van der Waals surface area contributed by atoms with Gasteiger partial charge in [-0.15, -0.1) is 0 Å². The minimum absolute atomic E-state index is 0.0714. The van der Waals surface area contributed by atoms with Crippen molar-refractivity contribution in [2.75, 3.05) is 19.8 Å². The van der Waals surface area contributed by atoms with Crippen molar-refractivity contribution >= 4 is 6.03 Å². The number of amides is 2. The van der Waals surface area contributed by atoms with Crippen LogP contribution in [-0.4, -0.2) is 37.9 Å². The second-order valence-corrected chi connectivity index (χ2v) is 6.32. The van der Waals surface area contributed by atoms with Gasteiger partial charge in [-0.25, -0.2) is 4.79 Å². The molecule has 2 N–H and O–H groups in total. The van der Waals surface area contributed by atoms with Crippen molar-refractivity contribution in [2.45, 2.75) is 50.4 Å². The molecule has 1 aromatic rings. The van der Waals surface area contributed by atoms with Gasteiger partial charge < -0.3 is 20.1 Å². The highest BCUT2D eigenvalue weighted by atomic mass is 16.5. The van der Waals surface area contributed by atoms with E-state index in [1.165, 1.54) is 5.56 Å². The third kappa shape index (κ3) is 4.94. The molecule has 0 aliphatic carbocycles. The molecule has 2 aliphatic rings. The SMILES string of the molecule is O=C(NCC[C@@H]1CCCO1)N[C@H]1CCO[C@H](c2ccccc2)C1. The standard InChI is InChI=1S/C18H26N2O3/c21-18(19-10-8-16-7-4-11-22-16)20-15-9-12-23-17(13-15)14-5-2-1-3-6-14/h1-3,5-6,15-17H,4,7-13H2,(H2,19,20,21)/t15-,16-,17-/m0/s1. The van der Waals surface area contributed by atoms with Crippen molar-refractivity contribution < 1.29 is 14.3 Å². The lowest BCUT2D eigenvalue weighted by molar-refractivity contribution is 0.00225. The van der Waals surface area contributed by atoms with Gasteiger partial charge in [-0.1, -0.05) is 30.3 Å². The molecule has 2 saturated heterocycles. The fraction of sp³-hybridized carbons (Fsp3) is 0.611. The van der Waals surface area contributed by atoms with Crippen LogP contribution >= 0.6 is 0 Å². The van der Waals surface area contributed by atoms with E-state index in [4.69, 9.17) is 9.47 Å². The van der Waals surface area contributed by atoms with Crippen molar-refractivity contribution in [2.24, 2.45) is 0 Å². The molecule has 5 nitrogen and oxygen atoms in total. The summed E-state index contributed by atoms with van der Waals surface area (Å²) < 4.78 is 11.4. The molecular formula is C18H26N2O3. The van der Waals surface area contributed by atoms with Crippen molar-refractivity contribution in [3.05, 3.63) is 35.9 Å². The zero-order chi connectivity index (χ0) is 15.9. The molecule has 5 heteroatoms. The molecule has 0 bridgehead atoms. The van der Waals surface area contributed by atoms with Crippen LogP contribution in [0.4, 0.5) is 4.79 Å². The predicted octanol–water partition coefficient (Wildman–Crippen LogP) is 2.78. The molecule has 0 unspecified atom stereocenters. The van der Waals surface area contributed by atoms with Gasteiger partial charge >= 0.3 is 6.03 Å². The average Bonchev–Trinajstić information content (AvgIpc) is 3.09. The van der Waals surface area contributed by atoms with Crippen molar-refractivity contribution in [1.29, 1.82) is 0 Å². The van der Waals surface area contributed by atoms with E-state index in [9.17, 15) is 4.79 Å². The maximum Gasteiger partial charge on any atom is 0.315 e. The number of hydrogen-bond donors (Lipinski definition) is 2. The summed E-state index contributed by atoms with van der Waals surface area (Å²) in [6.45, 7) is 2.21. The number of hydrogen-bond acceptors (Lipinski definition) is 3. The predicted molar refractivity (Wildman–Crippen MR) is 88.3 cm³/mol. The molecule has 2 heterocycles. The van der Waals surface area contributed by atoms with Gasteiger partial charge in [-0.2, -0.15) is 0 Å². The second-order valence-electron chi connectivity index (χ2n) is 6.32. The first-order valence-corrected chi connectivity index (χ1v) is 8.64. The minimum Gasteiger partial charge on any atom is -0.378 e. The van der Waals surface area contributed by atoms with Crippen LogP contribution in [0.5, 0.6) is 0 Å². The molecule has 23 heavy (non-hydrogen) atoms. The van der Waals surface area contributed by atoms with Crippen LogP contribution in [0.25, 0.3) is 0 Å². The largest absolute Gasteiger partial charge is 0.378 e. The zero-order valence-electron chi connectivity index (χ0n) is 13.5. The number of carbonyl (C=O) groups is 1. The van der Waals surface area contributed by atoms with Crippen LogP contribution in [-0.2, 0) is 9.47 Å². The quantitative estimate of drug-likeness (QED) is 0.877. The molecule has 2 aliphatic heterocycles. The Morgan fingerprint density at radius 1 is 1.13 bits per heavy atom. The van der Waals surface area contributed by atoms with Crippen molar-refractivity contribution in [1.82, 2.24) is 10.6 Å². The van der Waals surface area contributed by atoms with E-state index in [0.29, 0.717) is 19.3 Å². The van der Waals surface area contributed by atoms with Gasteiger partial charge in [0.15, 0.2) is 0 Å². The molecule has 0 radical (unpaired) electrons.